The normalized spacial score (nSPS) is 10.8. The van der Waals surface area contributed by atoms with Crippen molar-refractivity contribution in [3.8, 4) is 0 Å². The smallest absolute Gasteiger partial charge is 0.339 e. The number of ether oxygens (including phenoxy) is 2. The Bertz CT molecular complexity index is 580. The van der Waals surface area contributed by atoms with Crippen LogP contribution in [0.1, 0.15) is 10.4 Å². The van der Waals surface area contributed by atoms with Gasteiger partial charge in [0.1, 0.15) is 0 Å². The van der Waals surface area contributed by atoms with E-state index in [0.717, 1.165) is 10.9 Å². The van der Waals surface area contributed by atoms with Gasteiger partial charge in [-0.3, -0.25) is 4.68 Å². The van der Waals surface area contributed by atoms with Crippen LogP contribution in [0, 0.1) is 0 Å². The topological polar surface area (TPSA) is 53.4 Å². The second-order valence-electron chi connectivity index (χ2n) is 3.73. The zero-order chi connectivity index (χ0) is 13.1. The first-order chi connectivity index (χ1) is 8.67. The molecule has 0 N–H and O–H groups in total. The molecule has 1 aromatic carbocycles. The molecule has 18 heavy (non-hydrogen) atoms. The fourth-order valence-electron chi connectivity index (χ4n) is 1.72. The second kappa shape index (κ2) is 5.49. The lowest BCUT2D eigenvalue weighted by Crippen LogP contribution is -2.04. The fourth-order valence-corrected chi connectivity index (χ4v) is 2.23. The Morgan fingerprint density at radius 2 is 2.22 bits per heavy atom. The van der Waals surface area contributed by atoms with Crippen LogP contribution in [-0.4, -0.2) is 36.6 Å². The van der Waals surface area contributed by atoms with Crippen LogP contribution >= 0.6 is 15.9 Å². The molecule has 0 aliphatic rings. The highest BCUT2D eigenvalue weighted by atomic mass is 79.9. The molecule has 0 radical (unpaired) electrons. The highest BCUT2D eigenvalue weighted by Crippen LogP contribution is 2.26. The molecule has 0 bridgehead atoms. The van der Waals surface area contributed by atoms with Gasteiger partial charge in [-0.1, -0.05) is 0 Å². The van der Waals surface area contributed by atoms with E-state index in [0.29, 0.717) is 23.2 Å². The standard InChI is InChI=1S/C12H13BrN2O3/c1-17-6-5-15-7-8-10(14-15)4-3-9(13)11(8)12(16)18-2/h3-4,7H,5-6H2,1-2H3. The zero-order valence-electron chi connectivity index (χ0n) is 10.1. The van der Waals surface area contributed by atoms with Crippen LogP contribution in [0.4, 0.5) is 0 Å². The summed E-state index contributed by atoms with van der Waals surface area (Å²) in [5.41, 5.74) is 1.26. The van der Waals surface area contributed by atoms with E-state index in [2.05, 4.69) is 21.0 Å². The Morgan fingerprint density at radius 1 is 1.44 bits per heavy atom. The third-order valence-corrected chi connectivity index (χ3v) is 3.26. The molecule has 0 aliphatic heterocycles. The molecule has 0 fully saturated rings. The van der Waals surface area contributed by atoms with Gasteiger partial charge >= 0.3 is 5.97 Å². The molecule has 2 aromatic rings. The average Bonchev–Trinajstić information content (AvgIpc) is 2.78. The number of benzene rings is 1. The van der Waals surface area contributed by atoms with E-state index < -0.39 is 0 Å². The van der Waals surface area contributed by atoms with Crippen molar-refractivity contribution in [2.24, 2.45) is 0 Å². The van der Waals surface area contributed by atoms with Gasteiger partial charge in [-0.15, -0.1) is 0 Å². The van der Waals surface area contributed by atoms with Crippen LogP contribution < -0.4 is 0 Å². The number of rotatable bonds is 4. The Kier molecular flexibility index (Phi) is 3.98. The van der Waals surface area contributed by atoms with Crippen molar-refractivity contribution >= 4 is 32.8 Å². The predicted molar refractivity (Wildman–Crippen MR) is 70.6 cm³/mol. The summed E-state index contributed by atoms with van der Waals surface area (Å²) in [5.74, 6) is -0.376. The summed E-state index contributed by atoms with van der Waals surface area (Å²) in [6.45, 7) is 1.21. The number of carbonyl (C=O) groups excluding carboxylic acids is 1. The molecule has 0 amide bonds. The molecular formula is C12H13BrN2O3. The summed E-state index contributed by atoms with van der Waals surface area (Å²) in [6, 6.07) is 3.65. The van der Waals surface area contributed by atoms with Crippen LogP contribution in [0.3, 0.4) is 0 Å². The van der Waals surface area contributed by atoms with Gasteiger partial charge in [-0.05, 0) is 28.1 Å². The monoisotopic (exact) mass is 312 g/mol. The van der Waals surface area contributed by atoms with E-state index >= 15 is 0 Å². The maximum Gasteiger partial charge on any atom is 0.339 e. The Hall–Kier alpha value is -1.40. The van der Waals surface area contributed by atoms with E-state index in [1.54, 1.807) is 17.9 Å². The second-order valence-corrected chi connectivity index (χ2v) is 4.59. The van der Waals surface area contributed by atoms with Crippen molar-refractivity contribution in [2.45, 2.75) is 6.54 Å². The van der Waals surface area contributed by atoms with Gasteiger partial charge in [0.15, 0.2) is 0 Å². The van der Waals surface area contributed by atoms with E-state index in [4.69, 9.17) is 9.47 Å². The van der Waals surface area contributed by atoms with Gasteiger partial charge in [0.2, 0.25) is 0 Å². The minimum Gasteiger partial charge on any atom is -0.465 e. The number of carbonyl (C=O) groups is 1. The minimum absolute atomic E-state index is 0.376. The first-order valence-corrected chi connectivity index (χ1v) is 6.19. The number of nitrogens with zero attached hydrogens (tertiary/aromatic N) is 2. The Morgan fingerprint density at radius 3 is 2.89 bits per heavy atom. The molecule has 1 aromatic heterocycles. The van der Waals surface area contributed by atoms with Crippen molar-refractivity contribution < 1.29 is 14.3 Å². The number of methoxy groups -OCH3 is 2. The fraction of sp³-hybridized carbons (Fsp3) is 0.333. The zero-order valence-corrected chi connectivity index (χ0v) is 11.7. The SMILES string of the molecule is COCCn1cc2c(C(=O)OC)c(Br)ccc2n1. The molecule has 0 saturated heterocycles. The van der Waals surface area contributed by atoms with Gasteiger partial charge in [0.05, 0.1) is 31.3 Å². The number of hydrogen-bond acceptors (Lipinski definition) is 4. The van der Waals surface area contributed by atoms with Gasteiger partial charge < -0.3 is 9.47 Å². The van der Waals surface area contributed by atoms with Crippen LogP contribution in [0.2, 0.25) is 0 Å². The van der Waals surface area contributed by atoms with Crippen LogP contribution in [0.25, 0.3) is 10.9 Å². The molecule has 2 rings (SSSR count). The van der Waals surface area contributed by atoms with Crippen LogP contribution in [0.5, 0.6) is 0 Å². The molecule has 0 aliphatic carbocycles. The average molecular weight is 313 g/mol. The maximum atomic E-state index is 11.8. The first kappa shape index (κ1) is 13.0. The number of esters is 1. The van der Waals surface area contributed by atoms with Crippen molar-refractivity contribution in [3.05, 3.63) is 28.4 Å². The van der Waals surface area contributed by atoms with Crippen molar-refractivity contribution in [3.63, 3.8) is 0 Å². The third-order valence-electron chi connectivity index (χ3n) is 2.60. The van der Waals surface area contributed by atoms with Gasteiger partial charge in [-0.2, -0.15) is 5.10 Å². The van der Waals surface area contributed by atoms with E-state index in [9.17, 15) is 4.79 Å². The minimum atomic E-state index is -0.376. The van der Waals surface area contributed by atoms with Crippen molar-refractivity contribution in [2.75, 3.05) is 20.8 Å². The van der Waals surface area contributed by atoms with Crippen LogP contribution in [-0.2, 0) is 16.0 Å². The molecule has 6 heteroatoms. The predicted octanol–water partition coefficient (Wildman–Crippen LogP) is 2.23. The summed E-state index contributed by atoms with van der Waals surface area (Å²) in [6.07, 6.45) is 1.82. The largest absolute Gasteiger partial charge is 0.465 e. The summed E-state index contributed by atoms with van der Waals surface area (Å²) in [4.78, 5) is 11.8. The number of halogens is 1. The van der Waals surface area contributed by atoms with E-state index in [1.807, 2.05) is 12.3 Å². The molecule has 0 unspecified atom stereocenters. The Balaban J connectivity index is 2.51. The third kappa shape index (κ3) is 2.39. The Labute approximate surface area is 113 Å². The highest BCUT2D eigenvalue weighted by molar-refractivity contribution is 9.10. The van der Waals surface area contributed by atoms with Crippen molar-refractivity contribution in [1.82, 2.24) is 9.78 Å². The molecule has 0 atom stereocenters. The van der Waals surface area contributed by atoms with E-state index in [-0.39, 0.29) is 5.97 Å². The number of fused-ring (bicyclic) bond motifs is 1. The molecule has 0 saturated carbocycles. The molecular weight excluding hydrogens is 300 g/mol. The lowest BCUT2D eigenvalue weighted by atomic mass is 10.1. The highest BCUT2D eigenvalue weighted by Gasteiger charge is 2.16. The molecule has 0 spiro atoms. The van der Waals surface area contributed by atoms with Crippen LogP contribution in [0.15, 0.2) is 22.8 Å². The number of hydrogen-bond donors (Lipinski definition) is 0. The van der Waals surface area contributed by atoms with Crippen molar-refractivity contribution in [1.29, 1.82) is 0 Å². The van der Waals surface area contributed by atoms with E-state index in [1.165, 1.54) is 7.11 Å². The first-order valence-electron chi connectivity index (χ1n) is 5.40. The molecule has 5 nitrogen and oxygen atoms in total. The van der Waals surface area contributed by atoms with Gasteiger partial charge in [0, 0.05) is 23.2 Å². The van der Waals surface area contributed by atoms with Gasteiger partial charge in [0.25, 0.3) is 0 Å². The summed E-state index contributed by atoms with van der Waals surface area (Å²) in [5, 5.41) is 5.15. The summed E-state index contributed by atoms with van der Waals surface area (Å²) >= 11 is 3.36. The lowest BCUT2D eigenvalue weighted by molar-refractivity contribution is 0.0602. The quantitative estimate of drug-likeness (QED) is 0.812. The molecule has 96 valence electrons. The maximum absolute atomic E-state index is 11.8. The molecule has 1 heterocycles. The lowest BCUT2D eigenvalue weighted by Gasteiger charge is -2.02. The summed E-state index contributed by atoms with van der Waals surface area (Å²) in [7, 11) is 3.00. The van der Waals surface area contributed by atoms with Gasteiger partial charge in [-0.25, -0.2) is 4.79 Å². The number of aromatic nitrogens is 2. The summed E-state index contributed by atoms with van der Waals surface area (Å²) < 4.78 is 12.2.